The predicted molar refractivity (Wildman–Crippen MR) is 87.0 cm³/mol. The smallest absolute Gasteiger partial charge is 0.161 e. The molecule has 1 saturated carbocycles. The van der Waals surface area contributed by atoms with E-state index in [0.29, 0.717) is 11.3 Å². The molecule has 1 heterocycles. The topological polar surface area (TPSA) is 57.4 Å². The van der Waals surface area contributed by atoms with Crippen molar-refractivity contribution in [3.63, 3.8) is 0 Å². The molecule has 1 aliphatic carbocycles. The van der Waals surface area contributed by atoms with Crippen LogP contribution in [-0.2, 0) is 0 Å². The van der Waals surface area contributed by atoms with Gasteiger partial charge >= 0.3 is 0 Å². The molecule has 1 aromatic carbocycles. The first-order chi connectivity index (χ1) is 10.2. The van der Waals surface area contributed by atoms with E-state index >= 15 is 0 Å². The number of nitrogens with one attached hydrogen (secondary N) is 1. The fourth-order valence-corrected chi connectivity index (χ4v) is 4.19. The number of amidine groups is 1. The minimum atomic E-state index is 0.158. The largest absolute Gasteiger partial charge is 0.495 e. The highest BCUT2D eigenvalue weighted by atomic mass is 32.2. The number of nitrogens with zero attached hydrogens (tertiary/aromatic N) is 2. The van der Waals surface area contributed by atoms with Gasteiger partial charge in [-0.3, -0.25) is 4.99 Å². The van der Waals surface area contributed by atoms with Gasteiger partial charge in [0, 0.05) is 11.8 Å². The second kappa shape index (κ2) is 5.98. The van der Waals surface area contributed by atoms with Crippen LogP contribution in [0.1, 0.15) is 37.7 Å². The van der Waals surface area contributed by atoms with Crippen LogP contribution >= 0.6 is 11.8 Å². The Kier molecular flexibility index (Phi) is 4.07. The Bertz CT molecular complexity index is 600. The third-order valence-corrected chi connectivity index (χ3v) is 5.32. The number of nitriles is 1. The second-order valence-corrected chi connectivity index (χ2v) is 6.61. The van der Waals surface area contributed by atoms with Crippen LogP contribution in [-0.4, -0.2) is 23.6 Å². The van der Waals surface area contributed by atoms with Crippen molar-refractivity contribution in [2.45, 2.75) is 37.6 Å². The van der Waals surface area contributed by atoms with Crippen molar-refractivity contribution in [3.05, 3.63) is 23.8 Å². The van der Waals surface area contributed by atoms with E-state index in [1.807, 2.05) is 6.07 Å². The molecule has 2 aliphatic rings. The zero-order valence-corrected chi connectivity index (χ0v) is 13.0. The van der Waals surface area contributed by atoms with Gasteiger partial charge < -0.3 is 10.1 Å². The van der Waals surface area contributed by atoms with E-state index in [1.54, 1.807) is 31.0 Å². The maximum absolute atomic E-state index is 8.94. The van der Waals surface area contributed by atoms with Gasteiger partial charge in [-0.1, -0.05) is 31.0 Å². The Hall–Kier alpha value is -1.67. The highest BCUT2D eigenvalue weighted by Crippen LogP contribution is 2.40. The maximum Gasteiger partial charge on any atom is 0.161 e. The first-order valence-corrected chi connectivity index (χ1v) is 8.31. The molecule has 0 unspecified atom stereocenters. The van der Waals surface area contributed by atoms with Crippen LogP contribution in [0.25, 0.3) is 0 Å². The van der Waals surface area contributed by atoms with E-state index in [1.165, 1.54) is 32.1 Å². The first-order valence-electron chi connectivity index (χ1n) is 7.32. The van der Waals surface area contributed by atoms with Gasteiger partial charge in [0.2, 0.25) is 0 Å². The number of methoxy groups -OCH3 is 1. The van der Waals surface area contributed by atoms with Gasteiger partial charge in [0.05, 0.1) is 30.0 Å². The summed E-state index contributed by atoms with van der Waals surface area (Å²) in [5.74, 6) is 1.76. The SMILES string of the molecule is COc1cc(C#N)ccc1NC1=NC2(CCCCC2)CS1. The zero-order chi connectivity index (χ0) is 14.7. The molecule has 1 aliphatic heterocycles. The number of hydrogen-bond acceptors (Lipinski definition) is 5. The minimum absolute atomic E-state index is 0.158. The summed E-state index contributed by atoms with van der Waals surface area (Å²) in [5, 5.41) is 13.3. The number of anilines is 1. The molecular weight excluding hydrogens is 282 g/mol. The molecule has 0 amide bonds. The number of ether oxygens (including phenoxy) is 1. The number of aliphatic imine (C=N–C) groups is 1. The summed E-state index contributed by atoms with van der Waals surface area (Å²) in [6.45, 7) is 0. The summed E-state index contributed by atoms with van der Waals surface area (Å²) >= 11 is 1.79. The standard InChI is InChI=1S/C16H19N3OS/c1-20-14-9-12(10-17)5-6-13(14)18-15-19-16(11-21-15)7-3-2-4-8-16/h5-6,9H,2-4,7-8,11H2,1H3,(H,18,19). The summed E-state index contributed by atoms with van der Waals surface area (Å²) in [6, 6.07) is 7.55. The normalized spacial score (nSPS) is 19.9. The molecule has 0 atom stereocenters. The molecule has 1 aromatic rings. The Morgan fingerprint density at radius 2 is 2.14 bits per heavy atom. The van der Waals surface area contributed by atoms with Crippen LogP contribution in [0.3, 0.4) is 0 Å². The van der Waals surface area contributed by atoms with E-state index < -0.39 is 0 Å². The van der Waals surface area contributed by atoms with E-state index in [0.717, 1.165) is 16.6 Å². The van der Waals surface area contributed by atoms with Gasteiger partial charge in [0.15, 0.2) is 5.17 Å². The van der Waals surface area contributed by atoms with Crippen LogP contribution in [0, 0.1) is 11.3 Å². The molecule has 3 rings (SSSR count). The van der Waals surface area contributed by atoms with Crippen molar-refractivity contribution in [2.75, 3.05) is 18.2 Å². The van der Waals surface area contributed by atoms with Gasteiger partial charge in [-0.25, -0.2) is 0 Å². The van der Waals surface area contributed by atoms with Crippen LogP contribution in [0.15, 0.2) is 23.2 Å². The Labute approximate surface area is 129 Å². The first kappa shape index (κ1) is 14.3. The zero-order valence-electron chi connectivity index (χ0n) is 12.2. The van der Waals surface area contributed by atoms with Crippen molar-refractivity contribution in [1.82, 2.24) is 0 Å². The lowest BCUT2D eigenvalue weighted by Crippen LogP contribution is -2.29. The number of benzene rings is 1. The molecule has 21 heavy (non-hydrogen) atoms. The molecular formula is C16H19N3OS. The van der Waals surface area contributed by atoms with Crippen molar-refractivity contribution >= 4 is 22.6 Å². The van der Waals surface area contributed by atoms with Crippen LogP contribution in [0.2, 0.25) is 0 Å². The Balaban J connectivity index is 1.78. The van der Waals surface area contributed by atoms with Gasteiger partial charge in [-0.05, 0) is 25.0 Å². The van der Waals surface area contributed by atoms with Gasteiger partial charge in [0.1, 0.15) is 5.75 Å². The highest BCUT2D eigenvalue weighted by Gasteiger charge is 2.36. The average Bonchev–Trinajstić information content (AvgIpc) is 2.90. The summed E-state index contributed by atoms with van der Waals surface area (Å²) in [4.78, 5) is 4.94. The van der Waals surface area contributed by atoms with Gasteiger partial charge in [0.25, 0.3) is 0 Å². The van der Waals surface area contributed by atoms with Crippen molar-refractivity contribution in [3.8, 4) is 11.8 Å². The predicted octanol–water partition coefficient (Wildman–Crippen LogP) is 3.78. The molecule has 1 spiro atoms. The number of hydrogen-bond donors (Lipinski definition) is 1. The summed E-state index contributed by atoms with van der Waals surface area (Å²) in [6.07, 6.45) is 6.33. The van der Waals surface area contributed by atoms with Gasteiger partial charge in [-0.15, -0.1) is 0 Å². The van der Waals surface area contributed by atoms with Crippen molar-refractivity contribution in [1.29, 1.82) is 5.26 Å². The molecule has 110 valence electrons. The third-order valence-electron chi connectivity index (χ3n) is 4.17. The lowest BCUT2D eigenvalue weighted by molar-refractivity contribution is 0.335. The summed E-state index contributed by atoms with van der Waals surface area (Å²) in [7, 11) is 1.62. The lowest BCUT2D eigenvalue weighted by atomic mass is 9.84. The van der Waals surface area contributed by atoms with Crippen LogP contribution < -0.4 is 10.1 Å². The summed E-state index contributed by atoms with van der Waals surface area (Å²) in [5.41, 5.74) is 1.63. The van der Waals surface area contributed by atoms with Crippen molar-refractivity contribution < 1.29 is 4.74 Å². The molecule has 0 aromatic heterocycles. The van der Waals surface area contributed by atoms with E-state index in [-0.39, 0.29) is 5.54 Å². The summed E-state index contributed by atoms with van der Waals surface area (Å²) < 4.78 is 5.36. The monoisotopic (exact) mass is 301 g/mol. The number of thioether (sulfide) groups is 1. The number of rotatable bonds is 2. The van der Waals surface area contributed by atoms with Crippen LogP contribution in [0.5, 0.6) is 5.75 Å². The Morgan fingerprint density at radius 3 is 2.86 bits per heavy atom. The molecule has 0 radical (unpaired) electrons. The molecule has 1 fully saturated rings. The van der Waals surface area contributed by atoms with Crippen LogP contribution in [0.4, 0.5) is 5.69 Å². The Morgan fingerprint density at radius 1 is 1.33 bits per heavy atom. The van der Waals surface area contributed by atoms with E-state index in [2.05, 4.69) is 11.4 Å². The second-order valence-electron chi connectivity index (χ2n) is 5.64. The molecule has 5 heteroatoms. The maximum atomic E-state index is 8.94. The van der Waals surface area contributed by atoms with Crippen molar-refractivity contribution in [2.24, 2.45) is 4.99 Å². The van der Waals surface area contributed by atoms with E-state index in [9.17, 15) is 0 Å². The lowest BCUT2D eigenvalue weighted by Gasteiger charge is -2.29. The molecule has 4 nitrogen and oxygen atoms in total. The molecule has 0 saturated heterocycles. The molecule has 1 N–H and O–H groups in total. The fraction of sp³-hybridized carbons (Fsp3) is 0.500. The molecule has 0 bridgehead atoms. The quantitative estimate of drug-likeness (QED) is 0.903. The van der Waals surface area contributed by atoms with E-state index in [4.69, 9.17) is 15.0 Å². The minimum Gasteiger partial charge on any atom is -0.495 e. The third kappa shape index (κ3) is 3.01. The van der Waals surface area contributed by atoms with Gasteiger partial charge in [-0.2, -0.15) is 5.26 Å². The highest BCUT2D eigenvalue weighted by molar-refractivity contribution is 8.14. The fourth-order valence-electron chi connectivity index (χ4n) is 2.99. The average molecular weight is 301 g/mol.